The summed E-state index contributed by atoms with van der Waals surface area (Å²) in [6, 6.07) is 3.73. The van der Waals surface area contributed by atoms with E-state index in [1.165, 1.54) is 29.4 Å². The van der Waals surface area contributed by atoms with Crippen molar-refractivity contribution in [3.63, 3.8) is 0 Å². The summed E-state index contributed by atoms with van der Waals surface area (Å²) in [5.41, 5.74) is 0.0831. The molecule has 3 aromatic rings. The fourth-order valence-electron chi connectivity index (χ4n) is 3.98. The van der Waals surface area contributed by atoms with Gasteiger partial charge in [0.2, 0.25) is 0 Å². The number of aryl methyl sites for hydroxylation is 2. The van der Waals surface area contributed by atoms with Crippen molar-refractivity contribution in [3.8, 4) is 0 Å². The largest absolute Gasteiger partial charge is 0.468 e. The molecule has 29 heavy (non-hydrogen) atoms. The van der Waals surface area contributed by atoms with Crippen LogP contribution in [-0.2, 0) is 25.9 Å². The third-order valence-corrected chi connectivity index (χ3v) is 6.63. The summed E-state index contributed by atoms with van der Waals surface area (Å²) in [4.78, 5) is 24.8. The number of hydrogen-bond acceptors (Lipinski definition) is 6. The number of aromatic nitrogens is 2. The lowest BCUT2D eigenvalue weighted by Crippen LogP contribution is -2.39. The molecule has 0 fully saturated rings. The number of nitrogens with zero attached hydrogens (tertiary/aromatic N) is 2. The number of H-pyrrole nitrogens is 1. The van der Waals surface area contributed by atoms with E-state index in [1.807, 2.05) is 17.0 Å². The van der Waals surface area contributed by atoms with E-state index in [-0.39, 0.29) is 5.56 Å². The number of thiophene rings is 1. The van der Waals surface area contributed by atoms with Gasteiger partial charge >= 0.3 is 0 Å². The number of hydrogen-bond donors (Lipinski definition) is 2. The Hall–Kier alpha value is -2.22. The summed E-state index contributed by atoms with van der Waals surface area (Å²) in [5, 5.41) is 11.3. The van der Waals surface area contributed by atoms with Gasteiger partial charge in [-0.15, -0.1) is 17.9 Å². The summed E-state index contributed by atoms with van der Waals surface area (Å²) >= 11 is 1.66. The SMILES string of the molecule is C=CC(C)(O)CN(Cc1nc2sc3c(c2c(=O)[nH]1)CCCCC3)Cc1ccco1. The van der Waals surface area contributed by atoms with Crippen LogP contribution in [0, 0.1) is 0 Å². The molecule has 3 heterocycles. The van der Waals surface area contributed by atoms with E-state index in [9.17, 15) is 9.90 Å². The second-order valence-corrected chi connectivity index (χ2v) is 9.13. The molecule has 1 aliphatic carbocycles. The summed E-state index contributed by atoms with van der Waals surface area (Å²) in [6.07, 6.45) is 8.69. The third-order valence-electron chi connectivity index (χ3n) is 5.44. The molecule has 0 bridgehead atoms. The van der Waals surface area contributed by atoms with Crippen LogP contribution in [0.25, 0.3) is 10.2 Å². The molecule has 6 nitrogen and oxygen atoms in total. The van der Waals surface area contributed by atoms with Crippen molar-refractivity contribution in [3.05, 3.63) is 63.4 Å². The Balaban J connectivity index is 1.64. The maximum atomic E-state index is 12.9. The van der Waals surface area contributed by atoms with Crippen molar-refractivity contribution in [1.82, 2.24) is 14.9 Å². The van der Waals surface area contributed by atoms with Crippen molar-refractivity contribution in [2.24, 2.45) is 0 Å². The molecule has 0 amide bonds. The number of aromatic amines is 1. The molecule has 0 radical (unpaired) electrons. The van der Waals surface area contributed by atoms with Crippen LogP contribution in [0.3, 0.4) is 0 Å². The number of aliphatic hydroxyl groups is 1. The number of fused-ring (bicyclic) bond motifs is 3. The minimum absolute atomic E-state index is 0.0576. The second-order valence-electron chi connectivity index (χ2n) is 8.04. The van der Waals surface area contributed by atoms with Gasteiger partial charge in [0.15, 0.2) is 0 Å². The molecule has 0 aromatic carbocycles. The fourth-order valence-corrected chi connectivity index (χ4v) is 5.26. The summed E-state index contributed by atoms with van der Waals surface area (Å²) in [6.45, 7) is 6.68. The first kappa shape index (κ1) is 20.1. The minimum atomic E-state index is -1.06. The van der Waals surface area contributed by atoms with Gasteiger partial charge in [0.25, 0.3) is 5.56 Å². The predicted octanol–water partition coefficient (Wildman–Crippen LogP) is 3.79. The van der Waals surface area contributed by atoms with Crippen molar-refractivity contribution in [1.29, 1.82) is 0 Å². The molecular formula is C22H27N3O3S. The van der Waals surface area contributed by atoms with E-state index in [4.69, 9.17) is 9.40 Å². The highest BCUT2D eigenvalue weighted by atomic mass is 32.1. The second kappa shape index (κ2) is 8.26. The van der Waals surface area contributed by atoms with E-state index >= 15 is 0 Å². The lowest BCUT2D eigenvalue weighted by atomic mass is 10.1. The van der Waals surface area contributed by atoms with Crippen LogP contribution in [0.1, 0.15) is 48.2 Å². The Kier molecular flexibility index (Phi) is 5.72. The highest BCUT2D eigenvalue weighted by Crippen LogP contribution is 2.32. The number of rotatable bonds is 7. The van der Waals surface area contributed by atoms with Crippen molar-refractivity contribution < 1.29 is 9.52 Å². The molecule has 1 unspecified atom stereocenters. The molecule has 2 N–H and O–H groups in total. The Morgan fingerprint density at radius 2 is 2.21 bits per heavy atom. The molecule has 3 aromatic heterocycles. The van der Waals surface area contributed by atoms with Crippen LogP contribution in [0.15, 0.2) is 40.3 Å². The summed E-state index contributed by atoms with van der Waals surface area (Å²) in [7, 11) is 0. The molecular weight excluding hydrogens is 386 g/mol. The van der Waals surface area contributed by atoms with E-state index in [0.717, 1.165) is 35.2 Å². The van der Waals surface area contributed by atoms with Crippen LogP contribution < -0.4 is 5.56 Å². The van der Waals surface area contributed by atoms with Gasteiger partial charge in [-0.3, -0.25) is 9.69 Å². The molecule has 0 spiro atoms. The monoisotopic (exact) mass is 413 g/mol. The topological polar surface area (TPSA) is 82.4 Å². The standard InChI is InChI=1S/C22H27N3O3S/c1-3-22(2,27)14-25(12-15-8-7-11-28-15)13-18-23-20(26)19-16-9-5-4-6-10-17(16)29-21(19)24-18/h3,7-8,11,27H,1,4-6,9-10,12-14H2,2H3,(H,23,24,26). The van der Waals surface area contributed by atoms with Crippen LogP contribution in [0.2, 0.25) is 0 Å². The van der Waals surface area contributed by atoms with Gasteiger partial charge in [0.1, 0.15) is 16.4 Å². The van der Waals surface area contributed by atoms with Crippen molar-refractivity contribution in [2.75, 3.05) is 6.54 Å². The average Bonchev–Trinajstić information content (AvgIpc) is 3.23. The summed E-state index contributed by atoms with van der Waals surface area (Å²) in [5.74, 6) is 1.39. The molecule has 0 aliphatic heterocycles. The molecule has 4 rings (SSSR count). The van der Waals surface area contributed by atoms with E-state index in [0.29, 0.717) is 25.5 Å². The normalized spacial score (nSPS) is 16.5. The zero-order valence-electron chi connectivity index (χ0n) is 16.7. The average molecular weight is 414 g/mol. The molecule has 0 saturated carbocycles. The molecule has 154 valence electrons. The molecule has 7 heteroatoms. The minimum Gasteiger partial charge on any atom is -0.468 e. The smallest absolute Gasteiger partial charge is 0.259 e. The highest BCUT2D eigenvalue weighted by Gasteiger charge is 2.23. The Labute approximate surface area is 173 Å². The highest BCUT2D eigenvalue weighted by molar-refractivity contribution is 7.18. The van der Waals surface area contributed by atoms with Gasteiger partial charge in [-0.1, -0.05) is 12.5 Å². The van der Waals surface area contributed by atoms with Crippen molar-refractivity contribution in [2.45, 2.75) is 57.7 Å². The number of furan rings is 1. The molecule has 1 atom stereocenters. The maximum Gasteiger partial charge on any atom is 0.259 e. The first-order chi connectivity index (χ1) is 13.9. The Morgan fingerprint density at radius 3 is 2.97 bits per heavy atom. The van der Waals surface area contributed by atoms with Crippen LogP contribution in [0.5, 0.6) is 0 Å². The van der Waals surface area contributed by atoms with Crippen molar-refractivity contribution >= 4 is 21.6 Å². The zero-order valence-corrected chi connectivity index (χ0v) is 17.6. The van der Waals surface area contributed by atoms with E-state index in [2.05, 4.69) is 11.6 Å². The quantitative estimate of drug-likeness (QED) is 0.455. The number of nitrogens with one attached hydrogen (secondary N) is 1. The third kappa shape index (κ3) is 4.52. The zero-order chi connectivity index (χ0) is 20.4. The lowest BCUT2D eigenvalue weighted by Gasteiger charge is -2.28. The lowest BCUT2D eigenvalue weighted by molar-refractivity contribution is 0.0518. The van der Waals surface area contributed by atoms with Crippen LogP contribution in [-0.4, -0.2) is 32.1 Å². The van der Waals surface area contributed by atoms with Crippen LogP contribution in [0.4, 0.5) is 0 Å². The first-order valence-corrected chi connectivity index (χ1v) is 10.9. The van der Waals surface area contributed by atoms with Gasteiger partial charge in [0.05, 0.1) is 30.3 Å². The molecule has 1 aliphatic rings. The summed E-state index contributed by atoms with van der Waals surface area (Å²) < 4.78 is 5.47. The Morgan fingerprint density at radius 1 is 1.38 bits per heavy atom. The van der Waals surface area contributed by atoms with Gasteiger partial charge < -0.3 is 14.5 Å². The fraction of sp³-hybridized carbons (Fsp3) is 0.455. The van der Waals surface area contributed by atoms with E-state index in [1.54, 1.807) is 24.5 Å². The maximum absolute atomic E-state index is 12.9. The van der Waals surface area contributed by atoms with Gasteiger partial charge in [-0.2, -0.15) is 0 Å². The molecule has 0 saturated heterocycles. The Bertz CT molecular complexity index is 1050. The van der Waals surface area contributed by atoms with Gasteiger partial charge in [-0.25, -0.2) is 4.98 Å². The van der Waals surface area contributed by atoms with Crippen LogP contribution >= 0.6 is 11.3 Å². The van der Waals surface area contributed by atoms with E-state index < -0.39 is 5.60 Å². The van der Waals surface area contributed by atoms with Gasteiger partial charge in [0, 0.05) is 11.4 Å². The first-order valence-electron chi connectivity index (χ1n) is 10.1. The van der Waals surface area contributed by atoms with Gasteiger partial charge in [-0.05, 0) is 50.3 Å². The predicted molar refractivity (Wildman–Crippen MR) is 115 cm³/mol.